The van der Waals surface area contributed by atoms with E-state index in [0.717, 1.165) is 16.0 Å². The van der Waals surface area contributed by atoms with Gasteiger partial charge in [-0.3, -0.25) is 4.79 Å². The molecule has 0 aliphatic rings. The molecule has 1 aromatic carbocycles. The molecule has 1 aromatic heterocycles. The number of carbonyl (C=O) groups is 1. The predicted molar refractivity (Wildman–Crippen MR) is 62.1 cm³/mol. The van der Waals surface area contributed by atoms with Crippen LogP contribution in [0.4, 0.5) is 0 Å². The highest BCUT2D eigenvalue weighted by Crippen LogP contribution is 2.18. The molecule has 0 saturated heterocycles. The van der Waals surface area contributed by atoms with E-state index in [4.69, 9.17) is 5.73 Å². The second kappa shape index (κ2) is 4.38. The smallest absolute Gasteiger partial charge is 0.202 e. The van der Waals surface area contributed by atoms with E-state index in [9.17, 15) is 4.79 Å². The fourth-order valence-corrected chi connectivity index (χ4v) is 2.22. The third kappa shape index (κ3) is 2.14. The highest BCUT2D eigenvalue weighted by atomic mass is 32.1. The van der Waals surface area contributed by atoms with E-state index >= 15 is 0 Å². The summed E-state index contributed by atoms with van der Waals surface area (Å²) in [5.41, 5.74) is 7.24. The van der Waals surface area contributed by atoms with Crippen molar-refractivity contribution in [1.82, 2.24) is 0 Å². The molecule has 1 heterocycles. The van der Waals surface area contributed by atoms with Crippen LogP contribution in [0, 0.1) is 0 Å². The molecular weight excluding hydrogens is 206 g/mol. The average molecular weight is 217 g/mol. The summed E-state index contributed by atoms with van der Waals surface area (Å²) in [6.45, 7) is 0.485. The lowest BCUT2D eigenvalue weighted by Gasteiger charge is -1.96. The number of benzene rings is 1. The number of carbonyl (C=O) groups excluding carboxylic acids is 1. The van der Waals surface area contributed by atoms with Crippen molar-refractivity contribution in [3.63, 3.8) is 0 Å². The Kier molecular flexibility index (Phi) is 2.94. The topological polar surface area (TPSA) is 43.1 Å². The molecule has 2 rings (SSSR count). The SMILES string of the molecule is NCc1csc(C(=O)c2ccccc2)c1. The van der Waals surface area contributed by atoms with Crippen LogP contribution in [0.1, 0.15) is 20.8 Å². The van der Waals surface area contributed by atoms with E-state index in [1.54, 1.807) is 0 Å². The lowest BCUT2D eigenvalue weighted by atomic mass is 10.1. The minimum atomic E-state index is 0.0697. The van der Waals surface area contributed by atoms with Gasteiger partial charge in [0, 0.05) is 12.1 Å². The van der Waals surface area contributed by atoms with E-state index in [1.165, 1.54) is 11.3 Å². The van der Waals surface area contributed by atoms with Crippen molar-refractivity contribution in [1.29, 1.82) is 0 Å². The summed E-state index contributed by atoms with van der Waals surface area (Å²) in [6, 6.07) is 11.1. The van der Waals surface area contributed by atoms with Crippen LogP contribution in [-0.4, -0.2) is 5.78 Å². The zero-order valence-corrected chi connectivity index (χ0v) is 8.96. The molecule has 0 bridgehead atoms. The molecule has 0 atom stereocenters. The number of nitrogens with two attached hydrogens (primary N) is 1. The van der Waals surface area contributed by atoms with Gasteiger partial charge in [-0.25, -0.2) is 0 Å². The summed E-state index contributed by atoms with van der Waals surface area (Å²) >= 11 is 1.45. The Morgan fingerprint density at radius 2 is 2.00 bits per heavy atom. The van der Waals surface area contributed by atoms with Crippen molar-refractivity contribution in [2.75, 3.05) is 0 Å². The maximum Gasteiger partial charge on any atom is 0.202 e. The second-order valence-corrected chi connectivity index (χ2v) is 4.13. The van der Waals surface area contributed by atoms with Gasteiger partial charge >= 0.3 is 0 Å². The highest BCUT2D eigenvalue weighted by Gasteiger charge is 2.10. The van der Waals surface area contributed by atoms with Gasteiger partial charge in [-0.1, -0.05) is 30.3 Å². The van der Waals surface area contributed by atoms with E-state index < -0.39 is 0 Å². The fourth-order valence-electron chi connectivity index (χ4n) is 1.33. The van der Waals surface area contributed by atoms with Crippen LogP contribution in [0.2, 0.25) is 0 Å². The standard InChI is InChI=1S/C12H11NOS/c13-7-9-6-11(15-8-9)12(14)10-4-2-1-3-5-10/h1-6,8H,7,13H2. The zero-order valence-electron chi connectivity index (χ0n) is 8.14. The van der Waals surface area contributed by atoms with Crippen molar-refractivity contribution in [2.45, 2.75) is 6.54 Å². The second-order valence-electron chi connectivity index (χ2n) is 3.22. The summed E-state index contributed by atoms with van der Waals surface area (Å²) in [5, 5.41) is 1.93. The Morgan fingerprint density at radius 1 is 1.27 bits per heavy atom. The molecule has 0 radical (unpaired) electrons. The van der Waals surface area contributed by atoms with Gasteiger partial charge in [0.05, 0.1) is 4.88 Å². The Bertz CT molecular complexity index is 461. The molecule has 0 fully saturated rings. The molecule has 3 heteroatoms. The van der Waals surface area contributed by atoms with Gasteiger partial charge in [-0.2, -0.15) is 0 Å². The number of ketones is 1. The van der Waals surface area contributed by atoms with Gasteiger partial charge in [0.15, 0.2) is 0 Å². The van der Waals surface area contributed by atoms with Crippen molar-refractivity contribution in [3.05, 3.63) is 57.8 Å². The summed E-state index contributed by atoms with van der Waals surface area (Å²) in [6.07, 6.45) is 0. The van der Waals surface area contributed by atoms with Gasteiger partial charge in [0.25, 0.3) is 0 Å². The van der Waals surface area contributed by atoms with Crippen LogP contribution in [0.5, 0.6) is 0 Å². The minimum absolute atomic E-state index is 0.0697. The molecule has 2 aromatic rings. The number of rotatable bonds is 3. The van der Waals surface area contributed by atoms with E-state index in [0.29, 0.717) is 6.54 Å². The zero-order chi connectivity index (χ0) is 10.7. The van der Waals surface area contributed by atoms with Gasteiger partial charge < -0.3 is 5.73 Å². The van der Waals surface area contributed by atoms with E-state index in [-0.39, 0.29) is 5.78 Å². The Morgan fingerprint density at radius 3 is 2.60 bits per heavy atom. The molecule has 2 N–H and O–H groups in total. The van der Waals surface area contributed by atoms with Gasteiger partial charge in [-0.15, -0.1) is 11.3 Å². The van der Waals surface area contributed by atoms with Crippen LogP contribution in [0.15, 0.2) is 41.8 Å². The quantitative estimate of drug-likeness (QED) is 0.802. The first-order chi connectivity index (χ1) is 7.31. The summed E-state index contributed by atoms with van der Waals surface area (Å²) < 4.78 is 0. The van der Waals surface area contributed by atoms with Crippen LogP contribution in [0.3, 0.4) is 0 Å². The normalized spacial score (nSPS) is 10.2. The lowest BCUT2D eigenvalue weighted by Crippen LogP contribution is -1.98. The first kappa shape index (κ1) is 10.1. The average Bonchev–Trinajstić information content (AvgIpc) is 2.78. The fraction of sp³-hybridized carbons (Fsp3) is 0.0833. The minimum Gasteiger partial charge on any atom is -0.326 e. The molecule has 0 amide bonds. The van der Waals surface area contributed by atoms with Crippen LogP contribution < -0.4 is 5.73 Å². The monoisotopic (exact) mass is 217 g/mol. The maximum atomic E-state index is 11.9. The van der Waals surface area contributed by atoms with Crippen LogP contribution in [0.25, 0.3) is 0 Å². The molecular formula is C12H11NOS. The highest BCUT2D eigenvalue weighted by molar-refractivity contribution is 7.12. The Balaban J connectivity index is 2.29. The predicted octanol–water partition coefficient (Wildman–Crippen LogP) is 2.44. The van der Waals surface area contributed by atoms with Gasteiger partial charge in [-0.05, 0) is 17.0 Å². The van der Waals surface area contributed by atoms with Gasteiger partial charge in [0.2, 0.25) is 5.78 Å². The van der Waals surface area contributed by atoms with Crippen molar-refractivity contribution in [3.8, 4) is 0 Å². The largest absolute Gasteiger partial charge is 0.326 e. The van der Waals surface area contributed by atoms with Crippen molar-refractivity contribution >= 4 is 17.1 Å². The van der Waals surface area contributed by atoms with E-state index in [1.807, 2.05) is 41.8 Å². The maximum absolute atomic E-state index is 11.9. The van der Waals surface area contributed by atoms with Crippen LogP contribution in [-0.2, 0) is 6.54 Å². The third-order valence-electron chi connectivity index (χ3n) is 2.15. The molecule has 0 saturated carbocycles. The molecule has 0 spiro atoms. The molecule has 0 aliphatic carbocycles. The summed E-state index contributed by atoms with van der Waals surface area (Å²) in [4.78, 5) is 12.7. The third-order valence-corrected chi connectivity index (χ3v) is 3.13. The first-order valence-electron chi connectivity index (χ1n) is 4.68. The van der Waals surface area contributed by atoms with Crippen LogP contribution >= 0.6 is 11.3 Å². The summed E-state index contributed by atoms with van der Waals surface area (Å²) in [5.74, 6) is 0.0697. The van der Waals surface area contributed by atoms with E-state index in [2.05, 4.69) is 0 Å². The molecule has 76 valence electrons. The Hall–Kier alpha value is -1.45. The van der Waals surface area contributed by atoms with Crippen molar-refractivity contribution < 1.29 is 4.79 Å². The molecule has 0 aliphatic heterocycles. The molecule has 15 heavy (non-hydrogen) atoms. The van der Waals surface area contributed by atoms with Crippen molar-refractivity contribution in [2.24, 2.45) is 5.73 Å². The summed E-state index contributed by atoms with van der Waals surface area (Å²) in [7, 11) is 0. The first-order valence-corrected chi connectivity index (χ1v) is 5.56. The number of hydrogen-bond donors (Lipinski definition) is 1. The number of hydrogen-bond acceptors (Lipinski definition) is 3. The molecule has 0 unspecified atom stereocenters. The van der Waals surface area contributed by atoms with Gasteiger partial charge in [0.1, 0.15) is 0 Å². The molecule has 2 nitrogen and oxygen atoms in total. The number of thiophene rings is 1. The lowest BCUT2D eigenvalue weighted by molar-refractivity contribution is 0.104. The Labute approximate surface area is 92.4 Å².